The highest BCUT2D eigenvalue weighted by atomic mass is 35.5. The molecule has 6 rings (SSSR count). The van der Waals surface area contributed by atoms with Crippen LogP contribution in [0.15, 0.2) is 82.7 Å². The molecule has 2 aliphatic rings. The van der Waals surface area contributed by atoms with Crippen LogP contribution in [0.25, 0.3) is 16.9 Å². The van der Waals surface area contributed by atoms with Gasteiger partial charge in [0.15, 0.2) is 10.9 Å². The number of hydrogen-bond donors (Lipinski definition) is 0. The van der Waals surface area contributed by atoms with Crippen LogP contribution in [0.2, 0.25) is 5.02 Å². The highest BCUT2D eigenvalue weighted by Crippen LogP contribution is 2.50. The van der Waals surface area contributed by atoms with Gasteiger partial charge in [0.2, 0.25) is 0 Å². The van der Waals surface area contributed by atoms with Gasteiger partial charge in [-0.2, -0.15) is 0 Å². The Morgan fingerprint density at radius 3 is 2.43 bits per heavy atom. The minimum absolute atomic E-state index is 0.00769. The summed E-state index contributed by atoms with van der Waals surface area (Å²) >= 11 is 7.32. The molecule has 0 radical (unpaired) electrons. The zero-order valence-electron chi connectivity index (χ0n) is 20.7. The van der Waals surface area contributed by atoms with Gasteiger partial charge in [0.05, 0.1) is 22.7 Å². The van der Waals surface area contributed by atoms with Crippen molar-refractivity contribution in [2.24, 2.45) is 0 Å². The number of Topliss-reactive ketones (excluding diaryl/α,β-unsaturated/α-hetero) is 1. The van der Waals surface area contributed by atoms with Crippen molar-refractivity contribution in [1.82, 2.24) is 9.55 Å². The predicted octanol–water partition coefficient (Wildman–Crippen LogP) is 7.20. The molecule has 0 unspecified atom stereocenters. The molecule has 3 aromatic carbocycles. The second-order valence-corrected chi connectivity index (χ2v) is 11.5. The molecule has 0 aliphatic heterocycles. The number of ketones is 1. The first-order valence-corrected chi connectivity index (χ1v) is 14.1. The van der Waals surface area contributed by atoms with Crippen molar-refractivity contribution in [2.45, 2.75) is 49.6 Å². The summed E-state index contributed by atoms with van der Waals surface area (Å²) in [7, 11) is 0. The number of hydrogen-bond acceptors (Lipinski definition) is 4. The SMILES string of the molecule is Cc1ccc(-n2c(SCC(=O)c3ccc(Cl)cc3)nc3c(c2=O)C2(CCCC2)Cc2ccccc2-3)cc1. The lowest BCUT2D eigenvalue weighted by atomic mass is 9.68. The maximum absolute atomic E-state index is 14.5. The molecule has 37 heavy (non-hydrogen) atoms. The number of fused-ring (bicyclic) bond motifs is 4. The van der Waals surface area contributed by atoms with E-state index in [4.69, 9.17) is 16.6 Å². The van der Waals surface area contributed by atoms with E-state index in [2.05, 4.69) is 18.2 Å². The summed E-state index contributed by atoms with van der Waals surface area (Å²) in [6.45, 7) is 2.03. The zero-order chi connectivity index (χ0) is 25.6. The molecule has 1 fully saturated rings. The Morgan fingerprint density at radius 2 is 1.70 bits per heavy atom. The van der Waals surface area contributed by atoms with Crippen LogP contribution in [0.4, 0.5) is 0 Å². The van der Waals surface area contributed by atoms with Crippen LogP contribution >= 0.6 is 23.4 Å². The van der Waals surface area contributed by atoms with E-state index in [1.807, 2.05) is 37.3 Å². The van der Waals surface area contributed by atoms with E-state index >= 15 is 0 Å². The summed E-state index contributed by atoms with van der Waals surface area (Å²) in [6.07, 6.45) is 5.12. The maximum Gasteiger partial charge on any atom is 0.263 e. The molecule has 2 aliphatic carbocycles. The van der Waals surface area contributed by atoms with E-state index in [1.165, 1.54) is 17.3 Å². The Bertz CT molecular complexity index is 1550. The molecule has 0 atom stereocenters. The first-order chi connectivity index (χ1) is 17.9. The number of halogens is 1. The summed E-state index contributed by atoms with van der Waals surface area (Å²) in [5.41, 5.74) is 6.23. The Hall–Kier alpha value is -3.15. The van der Waals surface area contributed by atoms with Crippen LogP contribution in [-0.4, -0.2) is 21.1 Å². The number of rotatable bonds is 5. The molecule has 4 nitrogen and oxygen atoms in total. The summed E-state index contributed by atoms with van der Waals surface area (Å²) in [5.74, 6) is 0.141. The monoisotopic (exact) mass is 526 g/mol. The zero-order valence-corrected chi connectivity index (χ0v) is 22.2. The standard InChI is InChI=1S/C31H27ClN2O2S/c1-20-8-14-24(15-9-20)34-29(36)27-28(25-7-3-2-6-22(25)18-31(27)16-4-5-17-31)33-30(34)37-19-26(35)21-10-12-23(32)13-11-21/h2-3,6-15H,4-5,16-19H2,1H3. The second kappa shape index (κ2) is 9.62. The van der Waals surface area contributed by atoms with Crippen molar-refractivity contribution in [3.8, 4) is 16.9 Å². The molecular weight excluding hydrogens is 500 g/mol. The third-order valence-corrected chi connectivity index (χ3v) is 8.93. The fourth-order valence-corrected chi connectivity index (χ4v) is 6.91. The third kappa shape index (κ3) is 4.34. The molecule has 0 saturated heterocycles. The Balaban J connectivity index is 1.51. The van der Waals surface area contributed by atoms with E-state index in [1.54, 1.807) is 28.8 Å². The molecule has 186 valence electrons. The van der Waals surface area contributed by atoms with Crippen molar-refractivity contribution < 1.29 is 4.79 Å². The summed E-state index contributed by atoms with van der Waals surface area (Å²) in [5, 5.41) is 1.13. The first-order valence-electron chi connectivity index (χ1n) is 12.7. The molecule has 0 bridgehead atoms. The Kier molecular flexibility index (Phi) is 6.29. The van der Waals surface area contributed by atoms with Crippen LogP contribution in [0.1, 0.15) is 52.7 Å². The quantitative estimate of drug-likeness (QED) is 0.157. The lowest BCUT2D eigenvalue weighted by molar-refractivity contribution is 0.102. The maximum atomic E-state index is 14.5. The Morgan fingerprint density at radius 1 is 1.00 bits per heavy atom. The average Bonchev–Trinajstić information content (AvgIpc) is 3.36. The fraction of sp³-hybridized carbons (Fsp3) is 0.258. The van der Waals surface area contributed by atoms with Gasteiger partial charge in [0.25, 0.3) is 5.56 Å². The van der Waals surface area contributed by atoms with Gasteiger partial charge in [-0.3, -0.25) is 14.2 Å². The van der Waals surface area contributed by atoms with E-state index in [-0.39, 0.29) is 22.5 Å². The van der Waals surface area contributed by atoms with Gasteiger partial charge in [0, 0.05) is 21.6 Å². The smallest absolute Gasteiger partial charge is 0.263 e. The lowest BCUT2D eigenvalue weighted by Gasteiger charge is -2.36. The number of aromatic nitrogens is 2. The number of carbonyl (C=O) groups excluding carboxylic acids is 1. The largest absolute Gasteiger partial charge is 0.293 e. The highest BCUT2D eigenvalue weighted by Gasteiger charge is 2.44. The van der Waals surface area contributed by atoms with E-state index < -0.39 is 0 Å². The summed E-state index contributed by atoms with van der Waals surface area (Å²) in [6, 6.07) is 23.2. The number of thioether (sulfide) groups is 1. The molecule has 1 aromatic heterocycles. The lowest BCUT2D eigenvalue weighted by Crippen LogP contribution is -2.40. The molecule has 6 heteroatoms. The number of benzene rings is 3. The van der Waals surface area contributed by atoms with E-state index in [0.29, 0.717) is 15.7 Å². The minimum Gasteiger partial charge on any atom is -0.293 e. The minimum atomic E-state index is -0.178. The van der Waals surface area contributed by atoms with Crippen LogP contribution in [0, 0.1) is 6.92 Å². The van der Waals surface area contributed by atoms with Gasteiger partial charge in [-0.05, 0) is 68.1 Å². The van der Waals surface area contributed by atoms with Crippen molar-refractivity contribution in [3.05, 3.63) is 110 Å². The topological polar surface area (TPSA) is 52.0 Å². The van der Waals surface area contributed by atoms with Crippen LogP contribution < -0.4 is 5.56 Å². The highest BCUT2D eigenvalue weighted by molar-refractivity contribution is 7.99. The molecule has 1 spiro atoms. The van der Waals surface area contributed by atoms with Gasteiger partial charge in [0.1, 0.15) is 0 Å². The second-order valence-electron chi connectivity index (χ2n) is 10.1. The van der Waals surface area contributed by atoms with Crippen LogP contribution in [0.5, 0.6) is 0 Å². The fourth-order valence-electron chi connectivity index (χ4n) is 5.88. The third-order valence-electron chi connectivity index (χ3n) is 7.74. The van der Waals surface area contributed by atoms with Gasteiger partial charge < -0.3 is 0 Å². The van der Waals surface area contributed by atoms with Crippen molar-refractivity contribution in [1.29, 1.82) is 0 Å². The number of nitrogens with zero attached hydrogens (tertiary/aromatic N) is 2. The predicted molar refractivity (Wildman–Crippen MR) is 150 cm³/mol. The average molecular weight is 527 g/mol. The number of carbonyl (C=O) groups is 1. The van der Waals surface area contributed by atoms with E-state index in [0.717, 1.165) is 60.2 Å². The van der Waals surface area contributed by atoms with Gasteiger partial charge in [-0.1, -0.05) is 78.2 Å². The van der Waals surface area contributed by atoms with Crippen molar-refractivity contribution in [3.63, 3.8) is 0 Å². The van der Waals surface area contributed by atoms with Crippen molar-refractivity contribution in [2.75, 3.05) is 5.75 Å². The molecule has 0 N–H and O–H groups in total. The molecule has 0 amide bonds. The van der Waals surface area contributed by atoms with Gasteiger partial charge in [-0.15, -0.1) is 0 Å². The molecule has 1 saturated carbocycles. The van der Waals surface area contributed by atoms with Crippen LogP contribution in [-0.2, 0) is 11.8 Å². The normalized spacial score (nSPS) is 15.4. The molecule has 1 heterocycles. The van der Waals surface area contributed by atoms with Crippen molar-refractivity contribution >= 4 is 29.1 Å². The van der Waals surface area contributed by atoms with Crippen LogP contribution in [0.3, 0.4) is 0 Å². The molecular formula is C31H27ClN2O2S. The first kappa shape index (κ1) is 24.2. The summed E-state index contributed by atoms with van der Waals surface area (Å²) < 4.78 is 1.73. The van der Waals surface area contributed by atoms with E-state index in [9.17, 15) is 9.59 Å². The number of aryl methyl sites for hydroxylation is 1. The van der Waals surface area contributed by atoms with Gasteiger partial charge >= 0.3 is 0 Å². The summed E-state index contributed by atoms with van der Waals surface area (Å²) in [4.78, 5) is 32.6. The Labute approximate surface area is 225 Å². The molecule has 4 aromatic rings. The van der Waals surface area contributed by atoms with Gasteiger partial charge in [-0.25, -0.2) is 4.98 Å².